The fourth-order valence-electron chi connectivity index (χ4n) is 5.66. The van der Waals surface area contributed by atoms with Crippen molar-refractivity contribution in [1.82, 2.24) is 24.8 Å². The molecule has 1 aromatic heterocycles. The number of ether oxygens (including phenoxy) is 2. The van der Waals surface area contributed by atoms with Crippen LogP contribution in [0.4, 0.5) is 10.1 Å². The van der Waals surface area contributed by atoms with E-state index >= 15 is 0 Å². The summed E-state index contributed by atoms with van der Waals surface area (Å²) >= 11 is 0. The van der Waals surface area contributed by atoms with E-state index in [1.165, 1.54) is 19.2 Å². The maximum Gasteiger partial charge on any atom is 0.360 e. The van der Waals surface area contributed by atoms with E-state index in [2.05, 4.69) is 33.1 Å². The summed E-state index contributed by atoms with van der Waals surface area (Å²) in [5, 5.41) is 8.15. The van der Waals surface area contributed by atoms with Gasteiger partial charge < -0.3 is 19.3 Å². The number of methoxy groups -OCH3 is 2. The van der Waals surface area contributed by atoms with Crippen LogP contribution >= 0.6 is 0 Å². The van der Waals surface area contributed by atoms with Gasteiger partial charge in [0.15, 0.2) is 5.69 Å². The van der Waals surface area contributed by atoms with Gasteiger partial charge in [-0.2, -0.15) is 0 Å². The molecule has 2 atom stereocenters. The largest absolute Gasteiger partial charge is 0.496 e. The van der Waals surface area contributed by atoms with Gasteiger partial charge >= 0.3 is 5.97 Å². The molecule has 10 nitrogen and oxygen atoms in total. The maximum atomic E-state index is 14.0. The lowest BCUT2D eigenvalue weighted by atomic mass is 10.0. The van der Waals surface area contributed by atoms with E-state index in [0.29, 0.717) is 45.7 Å². The van der Waals surface area contributed by atoms with E-state index in [0.717, 1.165) is 28.1 Å². The van der Waals surface area contributed by atoms with Crippen LogP contribution in [0.5, 0.6) is 5.75 Å². The van der Waals surface area contributed by atoms with Crippen LogP contribution in [0.15, 0.2) is 42.6 Å². The number of halogens is 1. The molecule has 0 radical (unpaired) electrons. The zero-order valence-corrected chi connectivity index (χ0v) is 23.3. The fourth-order valence-corrected chi connectivity index (χ4v) is 5.66. The highest BCUT2D eigenvalue weighted by molar-refractivity contribution is 5.86. The van der Waals surface area contributed by atoms with E-state index < -0.39 is 5.97 Å². The second-order valence-electron chi connectivity index (χ2n) is 10.4. The standard InChI is InChI=1S/C29H35FN6O4/c1-19-14-27(39-3)20(2)13-21(19)16-35-17-24(36-18-25(31-32-36)29(38)40-4)15-26(35)28(37)34-11-9-33(10-12-34)23-7-5-22(30)6-8-23/h5-8,13-14,18,24,26H,9-12,15-17H2,1-4H3/t24-,26+/m1/s1. The van der Waals surface area contributed by atoms with Crippen molar-refractivity contribution in [1.29, 1.82) is 0 Å². The van der Waals surface area contributed by atoms with Crippen LogP contribution in [0, 0.1) is 19.7 Å². The minimum Gasteiger partial charge on any atom is -0.496 e. The molecule has 0 unspecified atom stereocenters. The van der Waals surface area contributed by atoms with Crippen molar-refractivity contribution in [3.05, 3.63) is 70.8 Å². The van der Waals surface area contributed by atoms with Crippen LogP contribution < -0.4 is 9.64 Å². The smallest absolute Gasteiger partial charge is 0.360 e. The molecule has 2 aliphatic heterocycles. The first kappa shape index (κ1) is 27.6. The van der Waals surface area contributed by atoms with Gasteiger partial charge in [0, 0.05) is 45.0 Å². The Morgan fingerprint density at radius 3 is 2.42 bits per heavy atom. The molecular weight excluding hydrogens is 515 g/mol. The van der Waals surface area contributed by atoms with Gasteiger partial charge in [0.05, 0.1) is 32.5 Å². The van der Waals surface area contributed by atoms with Gasteiger partial charge in [-0.15, -0.1) is 5.10 Å². The molecule has 2 saturated heterocycles. The Morgan fingerprint density at radius 2 is 1.75 bits per heavy atom. The number of benzene rings is 2. The van der Waals surface area contributed by atoms with Crippen molar-refractivity contribution in [2.45, 2.75) is 38.9 Å². The number of aromatic nitrogens is 3. The molecule has 2 aromatic carbocycles. The van der Waals surface area contributed by atoms with Crippen molar-refractivity contribution in [3.8, 4) is 5.75 Å². The summed E-state index contributed by atoms with van der Waals surface area (Å²) in [5.41, 5.74) is 4.36. The minimum atomic E-state index is -0.544. The van der Waals surface area contributed by atoms with Gasteiger partial charge in [0.25, 0.3) is 0 Å². The van der Waals surface area contributed by atoms with Gasteiger partial charge in [0.2, 0.25) is 5.91 Å². The van der Waals surface area contributed by atoms with E-state index in [1.54, 1.807) is 30.1 Å². The van der Waals surface area contributed by atoms with E-state index in [1.807, 2.05) is 17.9 Å². The topological polar surface area (TPSA) is 93.0 Å². The van der Waals surface area contributed by atoms with E-state index in [9.17, 15) is 14.0 Å². The number of anilines is 1. The summed E-state index contributed by atoms with van der Waals surface area (Å²) in [7, 11) is 2.97. The van der Waals surface area contributed by atoms with Gasteiger partial charge in [-0.25, -0.2) is 13.9 Å². The lowest BCUT2D eigenvalue weighted by molar-refractivity contribution is -0.136. The summed E-state index contributed by atoms with van der Waals surface area (Å²) in [5.74, 6) is 0.113. The first-order valence-corrected chi connectivity index (χ1v) is 13.4. The number of esters is 1. The molecule has 0 saturated carbocycles. The first-order valence-electron chi connectivity index (χ1n) is 13.4. The Morgan fingerprint density at radius 1 is 1.02 bits per heavy atom. The lowest BCUT2D eigenvalue weighted by Crippen LogP contribution is -2.53. The molecule has 2 fully saturated rings. The zero-order chi connectivity index (χ0) is 28.4. The normalized spacial score (nSPS) is 19.6. The van der Waals surface area contributed by atoms with Crippen LogP contribution in [0.2, 0.25) is 0 Å². The Kier molecular flexibility index (Phi) is 8.02. The number of hydrogen-bond donors (Lipinski definition) is 0. The van der Waals surface area contributed by atoms with Crippen molar-refractivity contribution in [2.75, 3.05) is 51.8 Å². The predicted molar refractivity (Wildman–Crippen MR) is 147 cm³/mol. The number of carbonyl (C=O) groups is 2. The fraction of sp³-hybridized carbons (Fsp3) is 0.448. The third kappa shape index (κ3) is 5.65. The van der Waals surface area contributed by atoms with Crippen molar-refractivity contribution < 1.29 is 23.5 Å². The summed E-state index contributed by atoms with van der Waals surface area (Å²) < 4.78 is 25.3. The number of rotatable bonds is 7. The molecule has 212 valence electrons. The Bertz CT molecular complexity index is 1370. The number of amides is 1. The third-order valence-corrected chi connectivity index (χ3v) is 7.96. The summed E-state index contributed by atoms with van der Waals surface area (Å²) in [6.07, 6.45) is 2.14. The zero-order valence-electron chi connectivity index (χ0n) is 23.3. The molecule has 5 rings (SSSR count). The molecule has 0 N–H and O–H groups in total. The molecular formula is C29H35FN6O4. The highest BCUT2D eigenvalue weighted by Gasteiger charge is 2.41. The predicted octanol–water partition coefficient (Wildman–Crippen LogP) is 2.99. The number of likely N-dealkylation sites (tertiary alicyclic amines) is 1. The monoisotopic (exact) mass is 550 g/mol. The average Bonchev–Trinajstić information content (AvgIpc) is 3.62. The van der Waals surface area contributed by atoms with Crippen molar-refractivity contribution >= 4 is 17.6 Å². The Balaban J connectivity index is 1.34. The van der Waals surface area contributed by atoms with E-state index in [4.69, 9.17) is 9.47 Å². The van der Waals surface area contributed by atoms with E-state index in [-0.39, 0.29) is 29.5 Å². The molecule has 0 bridgehead atoms. The second-order valence-corrected chi connectivity index (χ2v) is 10.4. The van der Waals surface area contributed by atoms with Gasteiger partial charge in [-0.05, 0) is 67.3 Å². The van der Waals surface area contributed by atoms with Gasteiger partial charge in [0.1, 0.15) is 11.6 Å². The van der Waals surface area contributed by atoms with Gasteiger partial charge in [-0.1, -0.05) is 11.3 Å². The van der Waals surface area contributed by atoms with Crippen LogP contribution in [-0.4, -0.2) is 89.7 Å². The quantitative estimate of drug-likeness (QED) is 0.415. The maximum absolute atomic E-state index is 14.0. The lowest BCUT2D eigenvalue weighted by Gasteiger charge is -2.38. The van der Waals surface area contributed by atoms with Crippen LogP contribution in [0.25, 0.3) is 0 Å². The summed E-state index contributed by atoms with van der Waals surface area (Å²) in [4.78, 5) is 32.2. The summed E-state index contributed by atoms with van der Waals surface area (Å²) in [6.45, 7) is 7.77. The molecule has 11 heteroatoms. The molecule has 0 spiro atoms. The number of piperazine rings is 1. The minimum absolute atomic E-state index is 0.0810. The number of aryl methyl sites for hydroxylation is 2. The Labute approximate surface area is 233 Å². The highest BCUT2D eigenvalue weighted by Crippen LogP contribution is 2.32. The number of hydrogen-bond acceptors (Lipinski definition) is 8. The average molecular weight is 551 g/mol. The molecule has 1 amide bonds. The van der Waals surface area contributed by atoms with Crippen LogP contribution in [0.3, 0.4) is 0 Å². The third-order valence-electron chi connectivity index (χ3n) is 7.96. The van der Waals surface area contributed by atoms with Crippen molar-refractivity contribution in [3.63, 3.8) is 0 Å². The Hall–Kier alpha value is -3.99. The van der Waals surface area contributed by atoms with Crippen molar-refractivity contribution in [2.24, 2.45) is 0 Å². The molecule has 0 aliphatic carbocycles. The first-order chi connectivity index (χ1) is 19.3. The molecule has 3 aromatic rings. The molecule has 3 heterocycles. The highest BCUT2D eigenvalue weighted by atomic mass is 19.1. The molecule has 40 heavy (non-hydrogen) atoms. The SMILES string of the molecule is COC(=O)c1cn([C@@H]2C[C@@H](C(=O)N3CCN(c4ccc(F)cc4)CC3)N(Cc3cc(C)c(OC)cc3C)C2)nn1. The number of nitrogens with zero attached hydrogens (tertiary/aromatic N) is 6. The number of carbonyl (C=O) groups excluding carboxylic acids is 2. The summed E-state index contributed by atoms with van der Waals surface area (Å²) in [6, 6.07) is 10.1. The van der Waals surface area contributed by atoms with Crippen LogP contribution in [0.1, 0.15) is 39.6 Å². The van der Waals surface area contributed by atoms with Gasteiger partial charge in [-0.3, -0.25) is 9.69 Å². The molecule has 2 aliphatic rings. The van der Waals surface area contributed by atoms with Crippen LogP contribution in [-0.2, 0) is 16.1 Å². The second kappa shape index (κ2) is 11.6.